The van der Waals surface area contributed by atoms with Gasteiger partial charge >= 0.3 is 5.97 Å². The summed E-state index contributed by atoms with van der Waals surface area (Å²) in [5.74, 6) is 1.45. The molecule has 23 heavy (non-hydrogen) atoms. The van der Waals surface area contributed by atoms with E-state index in [4.69, 9.17) is 25.8 Å². The van der Waals surface area contributed by atoms with Crippen LogP contribution < -0.4 is 9.47 Å². The quantitative estimate of drug-likeness (QED) is 0.601. The molecule has 1 fully saturated rings. The molecule has 3 rings (SSSR count). The molecule has 4 nitrogen and oxygen atoms in total. The smallest absolute Gasteiger partial charge is 0.339 e. The van der Waals surface area contributed by atoms with E-state index in [1.165, 1.54) is 5.57 Å². The van der Waals surface area contributed by atoms with Crippen molar-refractivity contribution in [2.45, 2.75) is 27.7 Å². The van der Waals surface area contributed by atoms with Gasteiger partial charge in [0.05, 0.1) is 17.2 Å². The van der Waals surface area contributed by atoms with Crippen LogP contribution in [0.15, 0.2) is 23.8 Å². The second kappa shape index (κ2) is 5.75. The Morgan fingerprint density at radius 1 is 1.35 bits per heavy atom. The number of halogens is 1. The van der Waals surface area contributed by atoms with Crippen molar-refractivity contribution in [1.29, 1.82) is 0 Å². The van der Waals surface area contributed by atoms with E-state index in [0.29, 0.717) is 40.5 Å². The number of ether oxygens (including phenoxy) is 3. The van der Waals surface area contributed by atoms with E-state index >= 15 is 0 Å². The fourth-order valence-electron chi connectivity index (χ4n) is 3.11. The minimum Gasteiger partial charge on any atom is -0.462 e. The minimum absolute atomic E-state index is 0.144. The lowest BCUT2D eigenvalue weighted by atomic mass is 10.1. The number of carbonyl (C=O) groups excluding carboxylic acids is 1. The highest BCUT2D eigenvalue weighted by molar-refractivity contribution is 6.33. The summed E-state index contributed by atoms with van der Waals surface area (Å²) in [6.07, 6.45) is 2.26. The number of allylic oxidation sites excluding steroid dienone is 2. The zero-order chi connectivity index (χ0) is 16.8. The Labute approximate surface area is 141 Å². The molecule has 124 valence electrons. The third kappa shape index (κ3) is 3.05. The lowest BCUT2D eigenvalue weighted by Gasteiger charge is -2.08. The molecule has 0 aromatic heterocycles. The topological polar surface area (TPSA) is 44.8 Å². The van der Waals surface area contributed by atoms with E-state index in [-0.39, 0.29) is 12.2 Å². The number of rotatable bonds is 4. The molecule has 0 unspecified atom stereocenters. The molecule has 1 saturated carbocycles. The van der Waals surface area contributed by atoms with E-state index in [1.54, 1.807) is 12.1 Å². The third-order valence-electron chi connectivity index (χ3n) is 4.73. The summed E-state index contributed by atoms with van der Waals surface area (Å²) in [6, 6.07) is 3.17. The first kappa shape index (κ1) is 16.2. The summed E-state index contributed by atoms with van der Waals surface area (Å²) < 4.78 is 16.0. The Kier molecular flexibility index (Phi) is 4.05. The maximum Gasteiger partial charge on any atom is 0.339 e. The molecule has 0 bridgehead atoms. The van der Waals surface area contributed by atoms with Crippen molar-refractivity contribution in [3.05, 3.63) is 34.4 Å². The standard InChI is InChI=1S/C18H21ClO4/c1-10(2)5-12-13(18(12,3)4)8-21-17(20)11-6-15-16(7-14(11)19)23-9-22-15/h5-7,12-13H,8-9H2,1-4H3/t12-,13-/m1/s1. The van der Waals surface area contributed by atoms with Gasteiger partial charge in [-0.3, -0.25) is 0 Å². The van der Waals surface area contributed by atoms with E-state index in [2.05, 4.69) is 33.8 Å². The Balaban J connectivity index is 1.66. The first-order valence-electron chi connectivity index (χ1n) is 7.72. The summed E-state index contributed by atoms with van der Waals surface area (Å²) in [7, 11) is 0. The molecule has 0 spiro atoms. The average molecular weight is 337 g/mol. The molecule has 1 aromatic rings. The van der Waals surface area contributed by atoms with Gasteiger partial charge in [-0.05, 0) is 25.2 Å². The molecular formula is C18H21ClO4. The van der Waals surface area contributed by atoms with Crippen molar-refractivity contribution in [1.82, 2.24) is 0 Å². The van der Waals surface area contributed by atoms with Gasteiger partial charge in [0.1, 0.15) is 0 Å². The Bertz CT molecular complexity index is 674. The second-order valence-electron chi connectivity index (χ2n) is 6.98. The number of benzene rings is 1. The Hall–Kier alpha value is -1.68. The fraction of sp³-hybridized carbons (Fsp3) is 0.500. The second-order valence-corrected chi connectivity index (χ2v) is 7.39. The predicted octanol–water partition coefficient (Wildman–Crippen LogP) is 4.46. The van der Waals surface area contributed by atoms with Crippen LogP contribution in [0.1, 0.15) is 38.1 Å². The summed E-state index contributed by atoms with van der Waals surface area (Å²) in [4.78, 5) is 12.3. The average Bonchev–Trinajstić information content (AvgIpc) is 2.82. The van der Waals surface area contributed by atoms with E-state index in [1.807, 2.05) is 0 Å². The SMILES string of the molecule is CC(C)=C[C@@H]1[C@@H](COC(=O)c2cc3c(cc2Cl)OCO3)C1(C)C. The van der Waals surface area contributed by atoms with Crippen molar-refractivity contribution in [3.8, 4) is 11.5 Å². The van der Waals surface area contributed by atoms with Crippen LogP contribution in [-0.2, 0) is 4.74 Å². The molecule has 0 saturated heterocycles. The Morgan fingerprint density at radius 3 is 2.65 bits per heavy atom. The largest absolute Gasteiger partial charge is 0.462 e. The molecule has 1 heterocycles. The van der Waals surface area contributed by atoms with Crippen LogP contribution in [0.25, 0.3) is 0 Å². The van der Waals surface area contributed by atoms with Gasteiger partial charge in [0.2, 0.25) is 6.79 Å². The predicted molar refractivity (Wildman–Crippen MR) is 88.0 cm³/mol. The molecule has 0 amide bonds. The summed E-state index contributed by atoms with van der Waals surface area (Å²) in [6.45, 7) is 9.11. The summed E-state index contributed by atoms with van der Waals surface area (Å²) in [5.41, 5.74) is 1.76. The zero-order valence-corrected chi connectivity index (χ0v) is 14.6. The van der Waals surface area contributed by atoms with Crippen molar-refractivity contribution < 1.29 is 19.0 Å². The van der Waals surface area contributed by atoms with Crippen LogP contribution in [0.3, 0.4) is 0 Å². The van der Waals surface area contributed by atoms with Gasteiger partial charge in [-0.25, -0.2) is 4.79 Å². The first-order chi connectivity index (χ1) is 10.8. The van der Waals surface area contributed by atoms with Crippen molar-refractivity contribution in [3.63, 3.8) is 0 Å². The molecule has 1 aromatic carbocycles. The van der Waals surface area contributed by atoms with Crippen LogP contribution in [0.5, 0.6) is 11.5 Å². The fourth-order valence-corrected chi connectivity index (χ4v) is 3.34. The van der Waals surface area contributed by atoms with Gasteiger partial charge in [0.25, 0.3) is 0 Å². The normalized spacial score (nSPS) is 23.3. The van der Waals surface area contributed by atoms with Crippen molar-refractivity contribution in [2.75, 3.05) is 13.4 Å². The van der Waals surface area contributed by atoms with Gasteiger partial charge in [-0.1, -0.05) is 37.1 Å². The highest BCUT2D eigenvalue weighted by atomic mass is 35.5. The highest BCUT2D eigenvalue weighted by Crippen LogP contribution is 2.59. The van der Waals surface area contributed by atoms with Gasteiger partial charge in [0, 0.05) is 18.1 Å². The van der Waals surface area contributed by atoms with Crippen LogP contribution in [0.4, 0.5) is 0 Å². The van der Waals surface area contributed by atoms with Gasteiger partial charge in [0.15, 0.2) is 11.5 Å². The molecule has 2 atom stereocenters. The number of hydrogen-bond acceptors (Lipinski definition) is 4. The van der Waals surface area contributed by atoms with E-state index in [9.17, 15) is 4.79 Å². The monoisotopic (exact) mass is 336 g/mol. The first-order valence-corrected chi connectivity index (χ1v) is 8.10. The van der Waals surface area contributed by atoms with Crippen LogP contribution in [0.2, 0.25) is 5.02 Å². The molecule has 1 aliphatic carbocycles. The third-order valence-corrected chi connectivity index (χ3v) is 5.04. The van der Waals surface area contributed by atoms with Gasteiger partial charge in [-0.15, -0.1) is 0 Å². The molecule has 5 heteroatoms. The number of carbonyl (C=O) groups is 1. The lowest BCUT2D eigenvalue weighted by molar-refractivity contribution is 0.0471. The number of esters is 1. The Morgan fingerprint density at radius 2 is 2.00 bits per heavy atom. The number of hydrogen-bond donors (Lipinski definition) is 0. The van der Waals surface area contributed by atoms with Crippen LogP contribution in [0, 0.1) is 17.3 Å². The molecule has 2 aliphatic rings. The van der Waals surface area contributed by atoms with Gasteiger partial charge < -0.3 is 14.2 Å². The lowest BCUT2D eigenvalue weighted by Crippen LogP contribution is -2.10. The summed E-state index contributed by atoms with van der Waals surface area (Å²) in [5, 5.41) is 0.315. The zero-order valence-electron chi connectivity index (χ0n) is 13.8. The molecule has 0 radical (unpaired) electrons. The maximum absolute atomic E-state index is 12.3. The van der Waals surface area contributed by atoms with E-state index < -0.39 is 5.97 Å². The van der Waals surface area contributed by atoms with Gasteiger partial charge in [-0.2, -0.15) is 0 Å². The molecule has 0 N–H and O–H groups in total. The summed E-state index contributed by atoms with van der Waals surface area (Å²) >= 11 is 6.14. The van der Waals surface area contributed by atoms with Crippen LogP contribution >= 0.6 is 11.6 Å². The van der Waals surface area contributed by atoms with Crippen molar-refractivity contribution in [2.24, 2.45) is 17.3 Å². The number of fused-ring (bicyclic) bond motifs is 1. The maximum atomic E-state index is 12.3. The van der Waals surface area contributed by atoms with Crippen molar-refractivity contribution >= 4 is 17.6 Å². The van der Waals surface area contributed by atoms with E-state index in [0.717, 1.165) is 0 Å². The minimum atomic E-state index is -0.424. The molecule has 1 aliphatic heterocycles. The molecular weight excluding hydrogens is 316 g/mol. The highest BCUT2D eigenvalue weighted by Gasteiger charge is 2.56. The van der Waals surface area contributed by atoms with Crippen LogP contribution in [-0.4, -0.2) is 19.4 Å².